The summed E-state index contributed by atoms with van der Waals surface area (Å²) in [5.74, 6) is -1.28. The van der Waals surface area contributed by atoms with Crippen LogP contribution in [-0.4, -0.2) is 66.2 Å². The molecule has 2 fully saturated rings. The van der Waals surface area contributed by atoms with Crippen molar-refractivity contribution >= 4 is 23.6 Å². The van der Waals surface area contributed by atoms with Crippen molar-refractivity contribution in [3.8, 4) is 0 Å². The molecular weight excluding hydrogens is 372 g/mol. The maximum absolute atomic E-state index is 12.5. The Bertz CT molecular complexity index is 792. The number of hydrogen-bond acceptors (Lipinski definition) is 4. The number of amides is 4. The maximum Gasteiger partial charge on any atom is 0.242 e. The van der Waals surface area contributed by atoms with Crippen LogP contribution in [0.4, 0.5) is 0 Å². The fourth-order valence-corrected chi connectivity index (χ4v) is 3.93. The fraction of sp³-hybridized carbons (Fsp3) is 0.524. The van der Waals surface area contributed by atoms with Crippen LogP contribution in [0, 0.1) is 12.8 Å². The molecule has 0 aromatic heterocycles. The highest BCUT2D eigenvalue weighted by molar-refractivity contribution is 5.93. The van der Waals surface area contributed by atoms with E-state index in [-0.39, 0.29) is 36.6 Å². The first-order valence-electron chi connectivity index (χ1n) is 10.0. The molecule has 3 rings (SSSR count). The van der Waals surface area contributed by atoms with Gasteiger partial charge in [0.05, 0.1) is 12.5 Å². The first-order valence-corrected chi connectivity index (χ1v) is 10.0. The minimum Gasteiger partial charge on any atom is -0.357 e. The first-order chi connectivity index (χ1) is 13.9. The first kappa shape index (κ1) is 20.8. The molecule has 29 heavy (non-hydrogen) atoms. The molecule has 2 unspecified atom stereocenters. The number of aryl methyl sites for hydroxylation is 1. The predicted molar refractivity (Wildman–Crippen MR) is 107 cm³/mol. The summed E-state index contributed by atoms with van der Waals surface area (Å²) in [6.45, 7) is 3.18. The molecule has 2 aliphatic heterocycles. The van der Waals surface area contributed by atoms with Crippen LogP contribution < -0.4 is 10.6 Å². The summed E-state index contributed by atoms with van der Waals surface area (Å²) in [5, 5.41) is 5.22. The number of rotatable bonds is 6. The molecule has 0 bridgehead atoms. The topological polar surface area (TPSA) is 98.8 Å². The van der Waals surface area contributed by atoms with Gasteiger partial charge in [0.1, 0.15) is 6.04 Å². The molecule has 0 radical (unpaired) electrons. The molecule has 4 amide bonds. The number of likely N-dealkylation sites (tertiary alicyclic amines) is 2. The molecule has 1 aromatic carbocycles. The smallest absolute Gasteiger partial charge is 0.242 e. The molecule has 0 aliphatic carbocycles. The van der Waals surface area contributed by atoms with Gasteiger partial charge in [-0.15, -0.1) is 0 Å². The second kappa shape index (κ2) is 9.07. The van der Waals surface area contributed by atoms with E-state index in [4.69, 9.17) is 0 Å². The van der Waals surface area contributed by atoms with Crippen molar-refractivity contribution in [3.63, 3.8) is 0 Å². The van der Waals surface area contributed by atoms with E-state index in [1.807, 2.05) is 31.2 Å². The molecule has 156 valence electrons. The number of benzene rings is 1. The minimum absolute atomic E-state index is 0.0590. The summed E-state index contributed by atoms with van der Waals surface area (Å²) in [6, 6.07) is 7.48. The van der Waals surface area contributed by atoms with Gasteiger partial charge in [0.2, 0.25) is 23.6 Å². The van der Waals surface area contributed by atoms with Crippen molar-refractivity contribution in [1.82, 2.24) is 20.4 Å². The fourth-order valence-electron chi connectivity index (χ4n) is 3.93. The minimum atomic E-state index is -0.470. The van der Waals surface area contributed by atoms with Crippen molar-refractivity contribution in [3.05, 3.63) is 35.4 Å². The van der Waals surface area contributed by atoms with Gasteiger partial charge in [-0.2, -0.15) is 0 Å². The number of carbonyl (C=O) groups is 4. The Morgan fingerprint density at radius 2 is 1.86 bits per heavy atom. The second-order valence-corrected chi connectivity index (χ2v) is 7.74. The lowest BCUT2D eigenvalue weighted by atomic mass is 10.1. The van der Waals surface area contributed by atoms with Gasteiger partial charge in [-0.3, -0.25) is 19.2 Å². The largest absolute Gasteiger partial charge is 0.357 e. The SMILES string of the molecule is CNC(=O)C1CCCN1C(=O)CNC(=O)C1CC(=O)N(Cc2ccc(C)cc2)C1. The Balaban J connectivity index is 1.49. The van der Waals surface area contributed by atoms with Crippen molar-refractivity contribution in [2.45, 2.75) is 38.8 Å². The molecule has 2 atom stereocenters. The lowest BCUT2D eigenvalue weighted by Crippen LogP contribution is -2.48. The van der Waals surface area contributed by atoms with E-state index in [1.165, 1.54) is 4.90 Å². The Kier molecular flexibility index (Phi) is 6.51. The number of nitrogens with one attached hydrogen (secondary N) is 2. The van der Waals surface area contributed by atoms with Gasteiger partial charge in [-0.25, -0.2) is 0 Å². The van der Waals surface area contributed by atoms with E-state index in [0.717, 1.165) is 17.5 Å². The lowest BCUT2D eigenvalue weighted by Gasteiger charge is -2.23. The average Bonchev–Trinajstić information content (AvgIpc) is 3.34. The quantitative estimate of drug-likeness (QED) is 0.713. The summed E-state index contributed by atoms with van der Waals surface area (Å²) < 4.78 is 0. The highest BCUT2D eigenvalue weighted by Crippen LogP contribution is 2.21. The Hall–Kier alpha value is -2.90. The van der Waals surface area contributed by atoms with Crippen LogP contribution in [0.2, 0.25) is 0 Å². The van der Waals surface area contributed by atoms with Crippen molar-refractivity contribution in [1.29, 1.82) is 0 Å². The summed E-state index contributed by atoms with van der Waals surface area (Å²) in [5.41, 5.74) is 2.18. The van der Waals surface area contributed by atoms with E-state index >= 15 is 0 Å². The van der Waals surface area contributed by atoms with Crippen molar-refractivity contribution in [2.24, 2.45) is 5.92 Å². The van der Waals surface area contributed by atoms with Gasteiger partial charge < -0.3 is 20.4 Å². The maximum atomic E-state index is 12.5. The molecule has 8 nitrogen and oxygen atoms in total. The van der Waals surface area contributed by atoms with Gasteiger partial charge in [0, 0.05) is 33.1 Å². The van der Waals surface area contributed by atoms with Gasteiger partial charge >= 0.3 is 0 Å². The average molecular weight is 400 g/mol. The van der Waals surface area contributed by atoms with Gasteiger partial charge in [0.25, 0.3) is 0 Å². The molecule has 0 saturated carbocycles. The van der Waals surface area contributed by atoms with E-state index in [0.29, 0.717) is 26.1 Å². The zero-order valence-corrected chi connectivity index (χ0v) is 16.9. The van der Waals surface area contributed by atoms with E-state index < -0.39 is 12.0 Å². The third kappa shape index (κ3) is 4.93. The normalized spacial score (nSPS) is 21.4. The molecular formula is C21H28N4O4. The second-order valence-electron chi connectivity index (χ2n) is 7.74. The van der Waals surface area contributed by atoms with Crippen LogP contribution in [0.1, 0.15) is 30.4 Å². The zero-order valence-electron chi connectivity index (χ0n) is 16.9. The van der Waals surface area contributed by atoms with E-state index in [1.54, 1.807) is 11.9 Å². The lowest BCUT2D eigenvalue weighted by molar-refractivity contribution is -0.138. The molecule has 2 N–H and O–H groups in total. The molecule has 2 heterocycles. The van der Waals surface area contributed by atoms with Crippen molar-refractivity contribution in [2.75, 3.05) is 26.7 Å². The predicted octanol–water partition coefficient (Wildman–Crippen LogP) is 0.197. The number of likely N-dealkylation sites (N-methyl/N-ethyl adjacent to an activating group) is 1. The molecule has 0 spiro atoms. The van der Waals surface area contributed by atoms with Crippen LogP contribution in [0.25, 0.3) is 0 Å². The third-order valence-corrected chi connectivity index (χ3v) is 5.62. The summed E-state index contributed by atoms with van der Waals surface area (Å²) in [6.07, 6.45) is 1.55. The standard InChI is InChI=1S/C21H28N4O4/c1-14-5-7-15(8-6-14)12-24-13-16(10-18(24)26)20(28)23-11-19(27)25-9-3-4-17(25)21(29)22-2/h5-8,16-17H,3-4,9-13H2,1-2H3,(H,22,29)(H,23,28). The number of carbonyl (C=O) groups excluding carboxylic acids is 4. The number of nitrogens with zero attached hydrogens (tertiary/aromatic N) is 2. The van der Waals surface area contributed by atoms with Crippen LogP contribution in [-0.2, 0) is 25.7 Å². The van der Waals surface area contributed by atoms with Gasteiger partial charge in [-0.05, 0) is 25.3 Å². The Morgan fingerprint density at radius 3 is 2.55 bits per heavy atom. The van der Waals surface area contributed by atoms with Crippen molar-refractivity contribution < 1.29 is 19.2 Å². The molecule has 1 aromatic rings. The number of hydrogen-bond donors (Lipinski definition) is 2. The molecule has 2 saturated heterocycles. The summed E-state index contributed by atoms with van der Waals surface area (Å²) in [7, 11) is 1.55. The Morgan fingerprint density at radius 1 is 1.14 bits per heavy atom. The molecule has 2 aliphatic rings. The summed E-state index contributed by atoms with van der Waals surface area (Å²) in [4.78, 5) is 52.3. The summed E-state index contributed by atoms with van der Waals surface area (Å²) >= 11 is 0. The van der Waals surface area contributed by atoms with Crippen LogP contribution in [0.5, 0.6) is 0 Å². The van der Waals surface area contributed by atoms with E-state index in [2.05, 4.69) is 10.6 Å². The highest BCUT2D eigenvalue weighted by atomic mass is 16.2. The monoisotopic (exact) mass is 400 g/mol. The molecule has 8 heteroatoms. The van der Waals surface area contributed by atoms with E-state index in [9.17, 15) is 19.2 Å². The third-order valence-electron chi connectivity index (χ3n) is 5.62. The van der Waals surface area contributed by atoms with Crippen LogP contribution in [0.3, 0.4) is 0 Å². The van der Waals surface area contributed by atoms with Gasteiger partial charge in [0.15, 0.2) is 0 Å². The van der Waals surface area contributed by atoms with Crippen LogP contribution >= 0.6 is 0 Å². The van der Waals surface area contributed by atoms with Gasteiger partial charge in [-0.1, -0.05) is 29.8 Å². The zero-order chi connectivity index (χ0) is 21.0. The highest BCUT2D eigenvalue weighted by Gasteiger charge is 2.36. The Labute approximate surface area is 170 Å². The van der Waals surface area contributed by atoms with Crippen LogP contribution in [0.15, 0.2) is 24.3 Å².